The van der Waals surface area contributed by atoms with Crippen molar-refractivity contribution in [2.24, 2.45) is 0 Å². The predicted octanol–water partition coefficient (Wildman–Crippen LogP) is 5.04. The maximum Gasteiger partial charge on any atom is 0.411 e. The number of benzene rings is 1. The summed E-state index contributed by atoms with van der Waals surface area (Å²) in [4.78, 5) is 27.8. The highest BCUT2D eigenvalue weighted by Gasteiger charge is 2.48. The van der Waals surface area contributed by atoms with Gasteiger partial charge in [-0.05, 0) is 49.0 Å². The topological polar surface area (TPSA) is 83.5 Å². The molecule has 0 spiro atoms. The largest absolute Gasteiger partial charge is 0.467 e. The zero-order chi connectivity index (χ0) is 26.3. The molecular weight excluding hydrogens is 478 g/mol. The fourth-order valence-electron chi connectivity index (χ4n) is 4.26. The van der Waals surface area contributed by atoms with Crippen LogP contribution in [-0.4, -0.2) is 70.1 Å². The van der Waals surface area contributed by atoms with E-state index < -0.39 is 38.8 Å². The highest BCUT2D eigenvalue weighted by Crippen LogP contribution is 2.40. The minimum Gasteiger partial charge on any atom is -0.467 e. The van der Waals surface area contributed by atoms with Gasteiger partial charge < -0.3 is 23.4 Å². The van der Waals surface area contributed by atoms with Gasteiger partial charge in [0.15, 0.2) is 14.6 Å². The van der Waals surface area contributed by atoms with E-state index in [-0.39, 0.29) is 17.7 Å². The van der Waals surface area contributed by atoms with E-state index in [1.165, 1.54) is 12.0 Å². The smallest absolute Gasteiger partial charge is 0.411 e. The van der Waals surface area contributed by atoms with Gasteiger partial charge >= 0.3 is 12.1 Å². The Balaban J connectivity index is 1.88. The van der Waals surface area contributed by atoms with Gasteiger partial charge in [-0.2, -0.15) is 0 Å². The molecule has 1 aromatic rings. The van der Waals surface area contributed by atoms with Crippen molar-refractivity contribution in [2.75, 3.05) is 20.3 Å². The highest BCUT2D eigenvalue weighted by atomic mass is 28.4. The van der Waals surface area contributed by atoms with Crippen LogP contribution >= 0.6 is 0 Å². The molecule has 2 aliphatic heterocycles. The van der Waals surface area contributed by atoms with E-state index in [1.807, 2.05) is 42.5 Å². The van der Waals surface area contributed by atoms with Gasteiger partial charge in [-0.1, -0.05) is 57.2 Å². The second-order valence-electron chi connectivity index (χ2n) is 10.8. The van der Waals surface area contributed by atoms with E-state index >= 15 is 0 Å². The van der Waals surface area contributed by atoms with Crippen molar-refractivity contribution in [3.05, 3.63) is 48.0 Å². The van der Waals surface area contributed by atoms with Crippen molar-refractivity contribution >= 4 is 20.4 Å². The van der Waals surface area contributed by atoms with Gasteiger partial charge in [-0.15, -0.1) is 0 Å². The number of amides is 1. The third kappa shape index (κ3) is 7.18. The van der Waals surface area contributed by atoms with E-state index in [2.05, 4.69) is 33.9 Å². The minimum absolute atomic E-state index is 0.00321. The number of hydrogen-bond acceptors (Lipinski definition) is 7. The van der Waals surface area contributed by atoms with Crippen LogP contribution in [-0.2, 0) is 34.8 Å². The van der Waals surface area contributed by atoms with Crippen LogP contribution in [0.4, 0.5) is 4.79 Å². The van der Waals surface area contributed by atoms with Crippen molar-refractivity contribution in [1.29, 1.82) is 0 Å². The number of carbonyl (C=O) groups is 2. The molecular formula is C27H41NO7Si. The van der Waals surface area contributed by atoms with Gasteiger partial charge in [0.25, 0.3) is 0 Å². The standard InChI is InChI=1S/C27H41NO7Si/c1-27(2,3)36(5,6)35-23-16-15-22(25(29)31-4)28(21(23)13-10-14-24-32-17-18-33-24)26(30)34-19-20-11-8-7-9-12-20/h7-12,14,21-24H,13,15-19H2,1-6H3/b14-10+/t21-,22-,23-/m0/s1. The molecule has 3 atom stereocenters. The summed E-state index contributed by atoms with van der Waals surface area (Å²) in [6, 6.07) is 8.34. The van der Waals surface area contributed by atoms with Gasteiger partial charge in [0, 0.05) is 0 Å². The Morgan fingerprint density at radius 3 is 2.39 bits per heavy atom. The lowest BCUT2D eigenvalue weighted by atomic mass is 9.91. The first kappa shape index (κ1) is 28.4. The Hall–Kier alpha value is -2.20. The van der Waals surface area contributed by atoms with E-state index in [0.717, 1.165) is 5.56 Å². The summed E-state index contributed by atoms with van der Waals surface area (Å²) in [7, 11) is -0.815. The highest BCUT2D eigenvalue weighted by molar-refractivity contribution is 6.74. The predicted molar refractivity (Wildman–Crippen MR) is 139 cm³/mol. The van der Waals surface area contributed by atoms with E-state index in [9.17, 15) is 9.59 Å². The zero-order valence-corrected chi connectivity index (χ0v) is 23.4. The number of carbonyl (C=O) groups excluding carboxylic acids is 2. The maximum atomic E-state index is 13.5. The molecule has 36 heavy (non-hydrogen) atoms. The Bertz CT molecular complexity index is 893. The van der Waals surface area contributed by atoms with Crippen LogP contribution < -0.4 is 0 Å². The first-order chi connectivity index (χ1) is 17.0. The number of rotatable bonds is 8. The lowest BCUT2D eigenvalue weighted by Crippen LogP contribution is -2.61. The second kappa shape index (κ2) is 12.4. The number of hydrogen-bond donors (Lipinski definition) is 0. The molecule has 1 amide bonds. The van der Waals surface area contributed by atoms with E-state index in [0.29, 0.717) is 32.5 Å². The third-order valence-corrected chi connectivity index (χ3v) is 11.8. The minimum atomic E-state index is -2.16. The fourth-order valence-corrected chi connectivity index (χ4v) is 5.65. The lowest BCUT2D eigenvalue weighted by molar-refractivity contribution is -0.151. The van der Waals surface area contributed by atoms with Crippen molar-refractivity contribution in [1.82, 2.24) is 4.90 Å². The molecule has 200 valence electrons. The Morgan fingerprint density at radius 2 is 1.78 bits per heavy atom. The molecule has 0 saturated carbocycles. The number of nitrogens with zero attached hydrogens (tertiary/aromatic N) is 1. The maximum absolute atomic E-state index is 13.5. The summed E-state index contributed by atoms with van der Waals surface area (Å²) in [5.74, 6) is -0.450. The first-order valence-electron chi connectivity index (χ1n) is 12.7. The summed E-state index contributed by atoms with van der Waals surface area (Å²) in [6.07, 6.45) is 4.16. The molecule has 8 nitrogen and oxygen atoms in total. The summed E-state index contributed by atoms with van der Waals surface area (Å²) in [5.41, 5.74) is 0.874. The van der Waals surface area contributed by atoms with Crippen LogP contribution in [0.5, 0.6) is 0 Å². The lowest BCUT2D eigenvalue weighted by Gasteiger charge is -2.48. The van der Waals surface area contributed by atoms with Crippen LogP contribution in [0.3, 0.4) is 0 Å². The molecule has 0 unspecified atom stereocenters. The molecule has 2 fully saturated rings. The summed E-state index contributed by atoms with van der Waals surface area (Å²) in [6.45, 7) is 12.2. The quantitative estimate of drug-likeness (QED) is 0.270. The molecule has 0 radical (unpaired) electrons. The molecule has 0 aliphatic carbocycles. The van der Waals surface area contributed by atoms with Gasteiger partial charge in [-0.3, -0.25) is 4.90 Å². The molecule has 0 bridgehead atoms. The molecule has 1 aromatic carbocycles. The second-order valence-corrected chi connectivity index (χ2v) is 15.6. The molecule has 2 heterocycles. The monoisotopic (exact) mass is 519 g/mol. The molecule has 0 aromatic heterocycles. The van der Waals surface area contributed by atoms with Crippen LogP contribution in [0, 0.1) is 0 Å². The normalized spacial score (nSPS) is 23.7. The van der Waals surface area contributed by atoms with E-state index in [4.69, 9.17) is 23.4 Å². The van der Waals surface area contributed by atoms with Crippen molar-refractivity contribution in [3.63, 3.8) is 0 Å². The number of methoxy groups -OCH3 is 1. The average molecular weight is 520 g/mol. The Labute approximate surface area is 216 Å². The SMILES string of the molecule is COC(=O)[C@@H]1CC[C@H](O[Si](C)(C)C(C)(C)C)[C@H](C/C=C/C2OCCO2)N1C(=O)OCc1ccccc1. The third-order valence-electron chi connectivity index (χ3n) is 7.31. The van der Waals surface area contributed by atoms with Crippen LogP contribution in [0.15, 0.2) is 42.5 Å². The van der Waals surface area contributed by atoms with Crippen molar-refractivity contribution in [3.8, 4) is 0 Å². The molecule has 2 saturated heterocycles. The Morgan fingerprint density at radius 1 is 1.11 bits per heavy atom. The number of piperidine rings is 1. The van der Waals surface area contributed by atoms with Gasteiger partial charge in [-0.25, -0.2) is 9.59 Å². The fraction of sp³-hybridized carbons (Fsp3) is 0.630. The molecule has 9 heteroatoms. The van der Waals surface area contributed by atoms with Crippen molar-refractivity contribution < 1.29 is 33.0 Å². The van der Waals surface area contributed by atoms with Gasteiger partial charge in [0.1, 0.15) is 12.6 Å². The van der Waals surface area contributed by atoms with E-state index in [1.54, 1.807) is 0 Å². The van der Waals surface area contributed by atoms with Crippen molar-refractivity contribution in [2.45, 2.75) is 89.3 Å². The molecule has 2 aliphatic rings. The zero-order valence-electron chi connectivity index (χ0n) is 22.4. The summed E-state index contributed by atoms with van der Waals surface area (Å²) < 4.78 is 28.7. The number of esters is 1. The van der Waals surface area contributed by atoms with Crippen LogP contribution in [0.2, 0.25) is 18.1 Å². The molecule has 3 rings (SSSR count). The first-order valence-corrected chi connectivity index (χ1v) is 15.6. The summed E-state index contributed by atoms with van der Waals surface area (Å²) in [5, 5.41) is -0.00321. The van der Waals surface area contributed by atoms with Crippen LogP contribution in [0.1, 0.15) is 45.6 Å². The van der Waals surface area contributed by atoms with Crippen LogP contribution in [0.25, 0.3) is 0 Å². The van der Waals surface area contributed by atoms with Gasteiger partial charge in [0.05, 0.1) is 32.5 Å². The Kier molecular flexibility index (Phi) is 9.74. The van der Waals surface area contributed by atoms with Gasteiger partial charge in [0.2, 0.25) is 0 Å². The number of ether oxygens (including phenoxy) is 4. The number of likely N-dealkylation sites (tertiary alicyclic amines) is 1. The average Bonchev–Trinajstić information content (AvgIpc) is 3.36. The summed E-state index contributed by atoms with van der Waals surface area (Å²) >= 11 is 0. The molecule has 0 N–H and O–H groups in total.